The first-order valence-electron chi connectivity index (χ1n) is 11.4. The van der Waals surface area contributed by atoms with Crippen LogP contribution in [-0.2, 0) is 12.8 Å². The molecule has 0 saturated carbocycles. The first-order chi connectivity index (χ1) is 16.3. The SMILES string of the molecule is CCC(Cc1ccc2c(c1)Sc1ccccc1S2)Cc1cccc2c1Sc1ccccc1S2. The van der Waals surface area contributed by atoms with Crippen LogP contribution < -0.4 is 0 Å². The van der Waals surface area contributed by atoms with Crippen LogP contribution in [0, 0.1) is 5.92 Å². The number of hydrogen-bond donors (Lipinski definition) is 0. The lowest BCUT2D eigenvalue weighted by atomic mass is 9.90. The van der Waals surface area contributed by atoms with Gasteiger partial charge in [-0.2, -0.15) is 0 Å². The molecule has 0 aromatic heterocycles. The van der Waals surface area contributed by atoms with Crippen LogP contribution in [0.5, 0.6) is 0 Å². The van der Waals surface area contributed by atoms with Crippen LogP contribution in [0.3, 0.4) is 0 Å². The van der Waals surface area contributed by atoms with Crippen molar-refractivity contribution in [2.75, 3.05) is 0 Å². The van der Waals surface area contributed by atoms with E-state index in [1.54, 1.807) is 0 Å². The van der Waals surface area contributed by atoms with Gasteiger partial charge in [-0.25, -0.2) is 0 Å². The molecule has 0 aliphatic carbocycles. The van der Waals surface area contributed by atoms with E-state index in [9.17, 15) is 0 Å². The number of fused-ring (bicyclic) bond motifs is 4. The molecule has 0 N–H and O–H groups in total. The Balaban J connectivity index is 1.21. The average molecular weight is 501 g/mol. The smallest absolute Gasteiger partial charge is 0.0294 e. The van der Waals surface area contributed by atoms with Crippen molar-refractivity contribution in [3.05, 3.63) is 96.1 Å². The van der Waals surface area contributed by atoms with Gasteiger partial charge in [0.2, 0.25) is 0 Å². The largest absolute Gasteiger partial charge is 0.0877 e. The van der Waals surface area contributed by atoms with Gasteiger partial charge in [0.1, 0.15) is 0 Å². The molecule has 4 heteroatoms. The van der Waals surface area contributed by atoms with Crippen molar-refractivity contribution >= 4 is 47.0 Å². The van der Waals surface area contributed by atoms with Crippen molar-refractivity contribution in [3.63, 3.8) is 0 Å². The predicted molar refractivity (Wildman–Crippen MR) is 143 cm³/mol. The maximum atomic E-state index is 2.44. The minimum absolute atomic E-state index is 0.644. The van der Waals surface area contributed by atoms with Crippen molar-refractivity contribution in [1.82, 2.24) is 0 Å². The van der Waals surface area contributed by atoms with Gasteiger partial charge in [-0.15, -0.1) is 0 Å². The molecule has 0 fully saturated rings. The standard InChI is InChI=1S/C29H24S4/c1-2-19(16-20-14-15-26-28(18-20)32-23-10-4-3-9-22(23)30-26)17-21-8-7-13-27-29(21)33-25-12-6-5-11-24(25)31-27/h3-15,18-19H,2,16-17H2,1H3. The second-order valence-corrected chi connectivity index (χ2v) is 12.8. The summed E-state index contributed by atoms with van der Waals surface area (Å²) in [6.45, 7) is 2.34. The highest BCUT2D eigenvalue weighted by molar-refractivity contribution is 8.05. The van der Waals surface area contributed by atoms with Gasteiger partial charge in [-0.1, -0.05) is 103 Å². The molecule has 0 radical (unpaired) electrons. The zero-order valence-corrected chi connectivity index (χ0v) is 21.7. The number of rotatable bonds is 5. The van der Waals surface area contributed by atoms with Crippen LogP contribution in [0.25, 0.3) is 0 Å². The molecular formula is C29H24S4. The molecule has 0 spiro atoms. The van der Waals surface area contributed by atoms with Crippen LogP contribution in [0.2, 0.25) is 0 Å². The van der Waals surface area contributed by atoms with Crippen LogP contribution in [0.15, 0.2) is 124 Å². The molecule has 1 atom stereocenters. The monoisotopic (exact) mass is 500 g/mol. The van der Waals surface area contributed by atoms with Gasteiger partial charge in [-0.3, -0.25) is 0 Å². The zero-order chi connectivity index (χ0) is 22.2. The fraction of sp³-hybridized carbons (Fsp3) is 0.172. The van der Waals surface area contributed by atoms with Gasteiger partial charge in [0.05, 0.1) is 0 Å². The van der Waals surface area contributed by atoms with Crippen molar-refractivity contribution in [3.8, 4) is 0 Å². The second-order valence-electron chi connectivity index (χ2n) is 8.51. The first kappa shape index (κ1) is 21.8. The summed E-state index contributed by atoms with van der Waals surface area (Å²) in [7, 11) is 0. The Kier molecular flexibility index (Phi) is 6.27. The normalized spacial score (nSPS) is 14.6. The molecule has 0 amide bonds. The summed E-state index contributed by atoms with van der Waals surface area (Å²) in [6.07, 6.45) is 3.46. The van der Waals surface area contributed by atoms with E-state index in [4.69, 9.17) is 0 Å². The lowest BCUT2D eigenvalue weighted by molar-refractivity contribution is 0.499. The Bertz CT molecular complexity index is 1330. The van der Waals surface area contributed by atoms with Gasteiger partial charge in [0, 0.05) is 39.2 Å². The molecule has 2 heterocycles. The summed E-state index contributed by atoms with van der Waals surface area (Å²) in [5.41, 5.74) is 2.97. The van der Waals surface area contributed by atoms with E-state index < -0.39 is 0 Å². The van der Waals surface area contributed by atoms with E-state index in [-0.39, 0.29) is 0 Å². The van der Waals surface area contributed by atoms with Crippen molar-refractivity contribution < 1.29 is 0 Å². The molecule has 0 nitrogen and oxygen atoms in total. The van der Waals surface area contributed by atoms with E-state index in [1.807, 2.05) is 47.0 Å². The van der Waals surface area contributed by atoms with E-state index in [0.29, 0.717) is 5.92 Å². The molecule has 0 saturated heterocycles. The Morgan fingerprint density at radius 2 is 1.12 bits per heavy atom. The average Bonchev–Trinajstić information content (AvgIpc) is 2.86. The lowest BCUT2D eigenvalue weighted by Crippen LogP contribution is -2.09. The highest BCUT2D eigenvalue weighted by atomic mass is 32.2. The van der Waals surface area contributed by atoms with Crippen molar-refractivity contribution in [2.45, 2.75) is 65.4 Å². The molecule has 33 heavy (non-hydrogen) atoms. The molecular weight excluding hydrogens is 477 g/mol. The van der Waals surface area contributed by atoms with Crippen LogP contribution >= 0.6 is 47.0 Å². The third-order valence-corrected chi connectivity index (χ3v) is 11.4. The Labute approximate surface area is 213 Å². The van der Waals surface area contributed by atoms with E-state index in [0.717, 1.165) is 12.8 Å². The zero-order valence-electron chi connectivity index (χ0n) is 18.4. The Hall–Kier alpha value is -1.72. The fourth-order valence-corrected chi connectivity index (χ4v) is 9.16. The second kappa shape index (κ2) is 9.50. The summed E-state index contributed by atoms with van der Waals surface area (Å²) in [5, 5.41) is 0. The highest BCUT2D eigenvalue weighted by Gasteiger charge is 2.22. The summed E-state index contributed by atoms with van der Waals surface area (Å²) in [4.78, 5) is 11.2. The van der Waals surface area contributed by atoms with E-state index >= 15 is 0 Å². The fourth-order valence-electron chi connectivity index (χ4n) is 4.47. The van der Waals surface area contributed by atoms with E-state index in [2.05, 4.69) is 91.9 Å². The van der Waals surface area contributed by atoms with Gasteiger partial charge < -0.3 is 0 Å². The maximum Gasteiger partial charge on any atom is 0.0294 e. The first-order valence-corrected chi connectivity index (χ1v) is 14.7. The number of benzene rings is 4. The van der Waals surface area contributed by atoms with Gasteiger partial charge in [-0.05, 0) is 72.4 Å². The molecule has 4 aromatic carbocycles. The third-order valence-electron chi connectivity index (χ3n) is 6.25. The van der Waals surface area contributed by atoms with Gasteiger partial charge in [0.15, 0.2) is 0 Å². The van der Waals surface area contributed by atoms with Crippen LogP contribution in [0.4, 0.5) is 0 Å². The minimum Gasteiger partial charge on any atom is -0.0877 e. The molecule has 6 rings (SSSR count). The quantitative estimate of drug-likeness (QED) is 0.231. The van der Waals surface area contributed by atoms with Gasteiger partial charge in [0.25, 0.3) is 0 Å². The minimum atomic E-state index is 0.644. The molecule has 0 bridgehead atoms. The van der Waals surface area contributed by atoms with Crippen LogP contribution in [-0.4, -0.2) is 0 Å². The highest BCUT2D eigenvalue weighted by Crippen LogP contribution is 2.50. The third kappa shape index (κ3) is 4.51. The lowest BCUT2D eigenvalue weighted by Gasteiger charge is -2.23. The van der Waals surface area contributed by atoms with Crippen molar-refractivity contribution in [2.24, 2.45) is 5.92 Å². The maximum absolute atomic E-state index is 2.44. The van der Waals surface area contributed by atoms with Gasteiger partial charge >= 0.3 is 0 Å². The molecule has 2 aliphatic rings. The summed E-state index contributed by atoms with van der Waals surface area (Å²) in [5.74, 6) is 0.644. The molecule has 1 unspecified atom stereocenters. The summed E-state index contributed by atoms with van der Waals surface area (Å²) < 4.78 is 0. The molecule has 4 aromatic rings. The van der Waals surface area contributed by atoms with Crippen molar-refractivity contribution in [1.29, 1.82) is 0 Å². The molecule has 2 aliphatic heterocycles. The number of hydrogen-bond acceptors (Lipinski definition) is 4. The Morgan fingerprint density at radius 3 is 1.82 bits per heavy atom. The van der Waals surface area contributed by atoms with E-state index in [1.165, 1.54) is 56.7 Å². The summed E-state index contributed by atoms with van der Waals surface area (Å²) >= 11 is 7.70. The topological polar surface area (TPSA) is 0 Å². The molecule has 164 valence electrons. The Morgan fingerprint density at radius 1 is 0.545 bits per heavy atom. The summed E-state index contributed by atoms with van der Waals surface area (Å²) in [6, 6.07) is 31.5. The predicted octanol–water partition coefficient (Wildman–Crippen LogP) is 9.73. The van der Waals surface area contributed by atoms with Crippen LogP contribution in [0.1, 0.15) is 24.5 Å².